The number of nitrogens with one attached hydrogen (secondary N) is 1. The van der Waals surface area contributed by atoms with Crippen LogP contribution in [0.5, 0.6) is 5.75 Å². The van der Waals surface area contributed by atoms with Crippen LogP contribution < -0.4 is 5.56 Å². The first-order chi connectivity index (χ1) is 10.1. The SMILES string of the molecule is Cn1ccc2cc(-c3[nH]c(=O)cc(O)c3C3CC3)ccc21. The van der Waals surface area contributed by atoms with E-state index in [1.807, 2.05) is 25.4 Å². The average molecular weight is 280 g/mol. The van der Waals surface area contributed by atoms with Crippen LogP contribution in [0.3, 0.4) is 0 Å². The molecule has 2 aromatic heterocycles. The van der Waals surface area contributed by atoms with E-state index in [2.05, 4.69) is 21.7 Å². The maximum Gasteiger partial charge on any atom is 0.252 e. The number of hydrogen-bond acceptors (Lipinski definition) is 2. The Morgan fingerprint density at radius 3 is 2.81 bits per heavy atom. The fourth-order valence-corrected chi connectivity index (χ4v) is 3.01. The number of aromatic amines is 1. The number of aryl methyl sites for hydroxylation is 1. The van der Waals surface area contributed by atoms with E-state index in [1.54, 1.807) is 0 Å². The fourth-order valence-electron chi connectivity index (χ4n) is 3.01. The molecule has 0 atom stereocenters. The number of hydrogen-bond donors (Lipinski definition) is 2. The number of nitrogens with zero attached hydrogens (tertiary/aromatic N) is 1. The van der Waals surface area contributed by atoms with Crippen molar-refractivity contribution < 1.29 is 5.11 Å². The second kappa shape index (κ2) is 4.25. The third kappa shape index (κ3) is 1.95. The van der Waals surface area contributed by atoms with E-state index in [9.17, 15) is 9.90 Å². The highest BCUT2D eigenvalue weighted by atomic mass is 16.3. The number of benzene rings is 1. The summed E-state index contributed by atoms with van der Waals surface area (Å²) in [5.41, 5.74) is 3.47. The van der Waals surface area contributed by atoms with Crippen LogP contribution in [0.1, 0.15) is 24.3 Å². The Morgan fingerprint density at radius 1 is 1.24 bits per heavy atom. The summed E-state index contributed by atoms with van der Waals surface area (Å²) in [5, 5.41) is 11.3. The van der Waals surface area contributed by atoms with E-state index in [-0.39, 0.29) is 11.3 Å². The van der Waals surface area contributed by atoms with Crippen LogP contribution in [0, 0.1) is 0 Å². The molecule has 4 rings (SSSR count). The van der Waals surface area contributed by atoms with Crippen molar-refractivity contribution in [1.29, 1.82) is 0 Å². The molecule has 0 saturated heterocycles. The van der Waals surface area contributed by atoms with Gasteiger partial charge in [-0.15, -0.1) is 0 Å². The lowest BCUT2D eigenvalue weighted by atomic mass is 10.0. The van der Waals surface area contributed by atoms with Crippen LogP contribution in [0.4, 0.5) is 0 Å². The monoisotopic (exact) mass is 280 g/mol. The fraction of sp³-hybridized carbons (Fsp3) is 0.235. The van der Waals surface area contributed by atoms with Gasteiger partial charge < -0.3 is 14.7 Å². The minimum Gasteiger partial charge on any atom is -0.507 e. The second-order valence-electron chi connectivity index (χ2n) is 5.78. The standard InChI is InChI=1S/C17H16N2O2/c1-19-7-6-11-8-12(4-5-13(11)19)17-16(10-2-3-10)14(20)9-15(21)18-17/h4-10H,2-3H2,1H3,(H2,18,20,21). The molecule has 4 nitrogen and oxygen atoms in total. The molecule has 2 N–H and O–H groups in total. The third-order valence-electron chi connectivity index (χ3n) is 4.22. The average Bonchev–Trinajstić information content (AvgIpc) is 3.22. The zero-order valence-corrected chi connectivity index (χ0v) is 11.8. The van der Waals surface area contributed by atoms with Gasteiger partial charge in [0.05, 0.1) is 5.69 Å². The number of aromatic hydroxyl groups is 1. The van der Waals surface area contributed by atoms with Crippen molar-refractivity contribution in [3.05, 3.63) is 52.4 Å². The molecule has 1 aliphatic carbocycles. The van der Waals surface area contributed by atoms with E-state index in [0.717, 1.165) is 40.6 Å². The molecule has 1 saturated carbocycles. The van der Waals surface area contributed by atoms with Gasteiger partial charge in [-0.25, -0.2) is 0 Å². The van der Waals surface area contributed by atoms with Gasteiger partial charge in [0.15, 0.2) is 0 Å². The summed E-state index contributed by atoms with van der Waals surface area (Å²) in [6, 6.07) is 9.43. The highest BCUT2D eigenvalue weighted by molar-refractivity contribution is 5.85. The van der Waals surface area contributed by atoms with Gasteiger partial charge in [0, 0.05) is 35.8 Å². The summed E-state index contributed by atoms with van der Waals surface area (Å²) < 4.78 is 2.06. The first-order valence-electron chi connectivity index (χ1n) is 7.15. The number of fused-ring (bicyclic) bond motifs is 1. The molecule has 1 aromatic carbocycles. The van der Waals surface area contributed by atoms with Gasteiger partial charge in [0.25, 0.3) is 5.56 Å². The predicted octanol–water partition coefficient (Wildman–Crippen LogP) is 3.12. The van der Waals surface area contributed by atoms with Crippen molar-refractivity contribution in [2.24, 2.45) is 7.05 Å². The molecule has 0 amide bonds. The molecular weight excluding hydrogens is 264 g/mol. The van der Waals surface area contributed by atoms with Crippen LogP contribution >= 0.6 is 0 Å². The topological polar surface area (TPSA) is 58.0 Å². The molecule has 21 heavy (non-hydrogen) atoms. The molecule has 3 aromatic rings. The number of pyridine rings is 1. The van der Waals surface area contributed by atoms with Crippen molar-refractivity contribution in [3.63, 3.8) is 0 Å². The van der Waals surface area contributed by atoms with Gasteiger partial charge in [0.2, 0.25) is 0 Å². The van der Waals surface area contributed by atoms with E-state index in [4.69, 9.17) is 0 Å². The van der Waals surface area contributed by atoms with Crippen LogP contribution in [-0.2, 0) is 7.05 Å². The summed E-state index contributed by atoms with van der Waals surface area (Å²) in [5.74, 6) is 0.479. The van der Waals surface area contributed by atoms with Crippen LogP contribution in [0.15, 0.2) is 41.3 Å². The highest BCUT2D eigenvalue weighted by Crippen LogP contribution is 2.47. The molecule has 0 unspecified atom stereocenters. The molecule has 0 radical (unpaired) electrons. The molecular formula is C17H16N2O2. The van der Waals surface area contributed by atoms with Crippen LogP contribution in [0.25, 0.3) is 22.2 Å². The molecule has 2 heterocycles. The highest BCUT2D eigenvalue weighted by Gasteiger charge is 2.30. The molecule has 0 aliphatic heterocycles. The van der Waals surface area contributed by atoms with Gasteiger partial charge in [-0.2, -0.15) is 0 Å². The number of H-pyrrole nitrogens is 1. The molecule has 1 aliphatic rings. The normalized spacial score (nSPS) is 14.7. The lowest BCUT2D eigenvalue weighted by molar-refractivity contribution is 0.467. The van der Waals surface area contributed by atoms with Crippen molar-refractivity contribution >= 4 is 10.9 Å². The first kappa shape index (κ1) is 12.3. The maximum absolute atomic E-state index is 11.7. The minimum atomic E-state index is -0.264. The van der Waals surface area contributed by atoms with E-state index < -0.39 is 0 Å². The predicted molar refractivity (Wildman–Crippen MR) is 82.6 cm³/mol. The van der Waals surface area contributed by atoms with Gasteiger partial charge in [-0.1, -0.05) is 6.07 Å². The smallest absolute Gasteiger partial charge is 0.252 e. The Morgan fingerprint density at radius 2 is 2.05 bits per heavy atom. The van der Waals surface area contributed by atoms with Crippen LogP contribution in [0.2, 0.25) is 0 Å². The summed E-state index contributed by atoms with van der Waals surface area (Å²) in [6.07, 6.45) is 4.15. The molecule has 106 valence electrons. The Kier molecular flexibility index (Phi) is 2.48. The number of aromatic nitrogens is 2. The second-order valence-corrected chi connectivity index (χ2v) is 5.78. The Labute approximate surface area is 121 Å². The van der Waals surface area contributed by atoms with E-state index in [1.165, 1.54) is 6.07 Å². The Balaban J connectivity index is 1.97. The van der Waals surface area contributed by atoms with Crippen molar-refractivity contribution in [3.8, 4) is 17.0 Å². The van der Waals surface area contributed by atoms with Crippen molar-refractivity contribution in [1.82, 2.24) is 9.55 Å². The summed E-state index contributed by atoms with van der Waals surface area (Å²) in [6.45, 7) is 0. The first-order valence-corrected chi connectivity index (χ1v) is 7.15. The van der Waals surface area contributed by atoms with Gasteiger partial charge in [-0.05, 0) is 42.5 Å². The third-order valence-corrected chi connectivity index (χ3v) is 4.22. The zero-order valence-electron chi connectivity index (χ0n) is 11.8. The minimum absolute atomic E-state index is 0.115. The summed E-state index contributed by atoms with van der Waals surface area (Å²) in [7, 11) is 2.01. The Hall–Kier alpha value is -2.49. The lowest BCUT2D eigenvalue weighted by Crippen LogP contribution is -2.07. The molecule has 1 fully saturated rings. The quantitative estimate of drug-likeness (QED) is 0.757. The number of rotatable bonds is 2. The van der Waals surface area contributed by atoms with E-state index in [0.29, 0.717) is 5.92 Å². The van der Waals surface area contributed by atoms with Crippen molar-refractivity contribution in [2.45, 2.75) is 18.8 Å². The molecule has 0 spiro atoms. The Bertz CT molecular complexity index is 901. The van der Waals surface area contributed by atoms with Gasteiger partial charge in [0.1, 0.15) is 5.75 Å². The zero-order chi connectivity index (χ0) is 14.6. The van der Waals surface area contributed by atoms with Crippen molar-refractivity contribution in [2.75, 3.05) is 0 Å². The maximum atomic E-state index is 11.7. The van der Waals surface area contributed by atoms with Gasteiger partial charge in [-0.3, -0.25) is 4.79 Å². The largest absolute Gasteiger partial charge is 0.507 e. The van der Waals surface area contributed by atoms with E-state index >= 15 is 0 Å². The lowest BCUT2D eigenvalue weighted by Gasteiger charge is -2.11. The van der Waals surface area contributed by atoms with Gasteiger partial charge >= 0.3 is 0 Å². The summed E-state index contributed by atoms with van der Waals surface area (Å²) in [4.78, 5) is 14.6. The van der Waals surface area contributed by atoms with Crippen LogP contribution in [-0.4, -0.2) is 14.7 Å². The molecule has 0 bridgehead atoms. The molecule has 4 heteroatoms. The summed E-state index contributed by atoms with van der Waals surface area (Å²) >= 11 is 0.